The zero-order chi connectivity index (χ0) is 18.4. The molecule has 0 radical (unpaired) electrons. The van der Waals surface area contributed by atoms with E-state index in [-0.39, 0.29) is 16.1 Å². The molecule has 25 heavy (non-hydrogen) atoms. The molecule has 2 aromatic rings. The van der Waals surface area contributed by atoms with Crippen molar-refractivity contribution in [1.29, 1.82) is 0 Å². The van der Waals surface area contributed by atoms with Crippen LogP contribution in [0.5, 0.6) is 0 Å². The minimum absolute atomic E-state index is 0.153. The van der Waals surface area contributed by atoms with Crippen LogP contribution in [0.3, 0.4) is 0 Å². The van der Waals surface area contributed by atoms with Crippen LogP contribution >= 0.6 is 11.8 Å². The number of hydrogen-bond acceptors (Lipinski definition) is 4. The van der Waals surface area contributed by atoms with Gasteiger partial charge in [0.25, 0.3) is 0 Å². The first-order chi connectivity index (χ1) is 11.8. The van der Waals surface area contributed by atoms with E-state index in [1.807, 2.05) is 30.3 Å². The Morgan fingerprint density at radius 2 is 1.80 bits per heavy atom. The molecule has 0 aliphatic rings. The molecule has 1 amide bonds. The van der Waals surface area contributed by atoms with Crippen molar-refractivity contribution < 1.29 is 13.2 Å². The number of rotatable bonds is 7. The largest absolute Gasteiger partial charge is 0.325 e. The van der Waals surface area contributed by atoms with Gasteiger partial charge in [0.05, 0.1) is 10.6 Å². The van der Waals surface area contributed by atoms with E-state index in [1.54, 1.807) is 12.1 Å². The van der Waals surface area contributed by atoms with Crippen molar-refractivity contribution in [2.45, 2.75) is 17.1 Å². The van der Waals surface area contributed by atoms with E-state index in [1.165, 1.54) is 43.6 Å². The Bertz CT molecular complexity index is 821. The fourth-order valence-electron chi connectivity index (χ4n) is 2.16. The number of amides is 1. The topological polar surface area (TPSA) is 66.5 Å². The normalized spacial score (nSPS) is 12.8. The number of carbonyl (C=O) groups excluding carboxylic acids is 1. The lowest BCUT2D eigenvalue weighted by molar-refractivity contribution is -0.113. The molecule has 2 aromatic carbocycles. The highest BCUT2D eigenvalue weighted by Crippen LogP contribution is 2.28. The molecule has 0 spiro atoms. The fourth-order valence-corrected chi connectivity index (χ4v) is 3.93. The van der Waals surface area contributed by atoms with Gasteiger partial charge < -0.3 is 5.32 Å². The van der Waals surface area contributed by atoms with Crippen molar-refractivity contribution >= 4 is 33.4 Å². The van der Waals surface area contributed by atoms with Gasteiger partial charge in [0, 0.05) is 25.0 Å². The van der Waals surface area contributed by atoms with E-state index in [2.05, 4.69) is 12.2 Å². The van der Waals surface area contributed by atoms with Gasteiger partial charge in [-0.25, -0.2) is 12.7 Å². The lowest BCUT2D eigenvalue weighted by Gasteiger charge is -2.13. The van der Waals surface area contributed by atoms with Gasteiger partial charge in [0.15, 0.2) is 0 Å². The van der Waals surface area contributed by atoms with Crippen molar-refractivity contribution in [3.63, 3.8) is 0 Å². The van der Waals surface area contributed by atoms with Gasteiger partial charge in [-0.05, 0) is 30.7 Å². The second-order valence-electron chi connectivity index (χ2n) is 5.73. The monoisotopic (exact) mass is 378 g/mol. The lowest BCUT2D eigenvalue weighted by Crippen LogP contribution is -2.22. The van der Waals surface area contributed by atoms with Crippen LogP contribution in [0.25, 0.3) is 0 Å². The number of hydrogen-bond donors (Lipinski definition) is 1. The van der Waals surface area contributed by atoms with E-state index in [0.717, 1.165) is 4.31 Å². The molecule has 5 nitrogen and oxygen atoms in total. The molecule has 0 aromatic heterocycles. The molecule has 0 unspecified atom stereocenters. The maximum atomic E-state index is 12.2. The molecule has 7 heteroatoms. The molecule has 1 atom stereocenters. The van der Waals surface area contributed by atoms with Gasteiger partial charge in [-0.3, -0.25) is 4.79 Å². The zero-order valence-electron chi connectivity index (χ0n) is 14.5. The summed E-state index contributed by atoms with van der Waals surface area (Å²) in [6.07, 6.45) is 0. The van der Waals surface area contributed by atoms with Crippen LogP contribution in [-0.2, 0) is 14.8 Å². The van der Waals surface area contributed by atoms with Crippen molar-refractivity contribution in [1.82, 2.24) is 4.31 Å². The first kappa shape index (κ1) is 19.5. The molecule has 0 heterocycles. The Hall–Kier alpha value is -1.83. The highest BCUT2D eigenvalue weighted by atomic mass is 32.2. The first-order valence-corrected chi connectivity index (χ1v) is 10.3. The molecule has 0 fully saturated rings. The van der Waals surface area contributed by atoms with Crippen molar-refractivity contribution in [3.05, 3.63) is 60.2 Å². The predicted octanol–water partition coefficient (Wildman–Crippen LogP) is 3.37. The van der Waals surface area contributed by atoms with Gasteiger partial charge in [0.1, 0.15) is 0 Å². The lowest BCUT2D eigenvalue weighted by atomic mass is 10.2. The maximum absolute atomic E-state index is 12.2. The molecule has 2 rings (SSSR count). The van der Waals surface area contributed by atoms with Crippen molar-refractivity contribution in [3.8, 4) is 0 Å². The van der Waals surface area contributed by atoms with Crippen LogP contribution in [-0.4, -0.2) is 38.5 Å². The molecule has 0 aliphatic heterocycles. The van der Waals surface area contributed by atoms with E-state index in [9.17, 15) is 13.2 Å². The highest BCUT2D eigenvalue weighted by Gasteiger charge is 2.17. The Kier molecular flexibility index (Phi) is 6.64. The summed E-state index contributed by atoms with van der Waals surface area (Å²) in [7, 11) is -0.571. The van der Waals surface area contributed by atoms with Crippen LogP contribution in [0.15, 0.2) is 59.5 Å². The van der Waals surface area contributed by atoms with Crippen LogP contribution in [0.1, 0.15) is 17.7 Å². The number of nitrogens with one attached hydrogen (secondary N) is 1. The van der Waals surface area contributed by atoms with Gasteiger partial charge in [-0.2, -0.15) is 0 Å². The highest BCUT2D eigenvalue weighted by molar-refractivity contribution is 8.00. The molecule has 0 bridgehead atoms. The third kappa shape index (κ3) is 5.32. The number of benzene rings is 2. The average molecular weight is 379 g/mol. The van der Waals surface area contributed by atoms with Gasteiger partial charge in [0.2, 0.25) is 15.9 Å². The maximum Gasteiger partial charge on any atom is 0.242 e. The van der Waals surface area contributed by atoms with E-state index in [4.69, 9.17) is 0 Å². The van der Waals surface area contributed by atoms with Gasteiger partial charge >= 0.3 is 0 Å². The number of anilines is 1. The molecule has 0 aliphatic carbocycles. The quantitative estimate of drug-likeness (QED) is 0.802. The van der Waals surface area contributed by atoms with Crippen LogP contribution in [0, 0.1) is 0 Å². The molecular formula is C18H22N2O3S2. The van der Waals surface area contributed by atoms with E-state index < -0.39 is 10.0 Å². The minimum Gasteiger partial charge on any atom is -0.325 e. The third-order valence-electron chi connectivity index (χ3n) is 3.63. The summed E-state index contributed by atoms with van der Waals surface area (Å²) in [4.78, 5) is 12.3. The summed E-state index contributed by atoms with van der Waals surface area (Å²) in [6.45, 7) is 2.05. The Morgan fingerprint density at radius 1 is 1.12 bits per heavy atom. The van der Waals surface area contributed by atoms with Crippen molar-refractivity contribution in [2.24, 2.45) is 0 Å². The minimum atomic E-state index is -3.52. The molecule has 1 N–H and O–H groups in total. The second kappa shape index (κ2) is 8.51. The zero-order valence-corrected chi connectivity index (χ0v) is 16.1. The molecule has 0 saturated carbocycles. The smallest absolute Gasteiger partial charge is 0.242 e. The van der Waals surface area contributed by atoms with E-state index >= 15 is 0 Å². The van der Waals surface area contributed by atoms with Crippen LogP contribution < -0.4 is 5.32 Å². The van der Waals surface area contributed by atoms with E-state index in [0.29, 0.717) is 11.4 Å². The predicted molar refractivity (Wildman–Crippen MR) is 103 cm³/mol. The molecular weight excluding hydrogens is 356 g/mol. The number of sulfonamides is 1. The summed E-state index contributed by atoms with van der Waals surface area (Å²) in [5.74, 6) is 0.132. The van der Waals surface area contributed by atoms with Gasteiger partial charge in [-0.1, -0.05) is 36.4 Å². The van der Waals surface area contributed by atoms with Gasteiger partial charge in [-0.15, -0.1) is 11.8 Å². The summed E-state index contributed by atoms with van der Waals surface area (Å²) >= 11 is 1.53. The molecule has 0 saturated heterocycles. The van der Waals surface area contributed by atoms with Crippen LogP contribution in [0.4, 0.5) is 5.69 Å². The Morgan fingerprint density at radius 3 is 2.44 bits per heavy atom. The number of thioether (sulfide) groups is 1. The van der Waals surface area contributed by atoms with Crippen LogP contribution in [0.2, 0.25) is 0 Å². The Balaban J connectivity index is 1.97. The first-order valence-electron chi connectivity index (χ1n) is 7.79. The second-order valence-corrected chi connectivity index (χ2v) is 9.21. The Labute approximate surface area is 153 Å². The number of carbonyl (C=O) groups is 1. The fraction of sp³-hybridized carbons (Fsp3) is 0.278. The average Bonchev–Trinajstić information content (AvgIpc) is 2.60. The molecule has 134 valence electrons. The third-order valence-corrected chi connectivity index (χ3v) is 6.64. The summed E-state index contributed by atoms with van der Waals surface area (Å²) < 4.78 is 25.4. The summed E-state index contributed by atoms with van der Waals surface area (Å²) in [5.41, 5.74) is 1.64. The SMILES string of the molecule is C[C@@H](SCC(=O)Nc1cccc(S(=O)(=O)N(C)C)c1)c1ccccc1. The number of nitrogens with zero attached hydrogens (tertiary/aromatic N) is 1. The summed E-state index contributed by atoms with van der Waals surface area (Å²) in [6, 6.07) is 16.3. The van der Waals surface area contributed by atoms with Crippen molar-refractivity contribution in [2.75, 3.05) is 25.2 Å². The summed E-state index contributed by atoms with van der Waals surface area (Å²) in [5, 5.41) is 2.96. The standard InChI is InChI=1S/C18H22N2O3S2/c1-14(15-8-5-4-6-9-15)24-13-18(21)19-16-10-7-11-17(12-16)25(22,23)20(2)3/h4-12,14H,13H2,1-3H3,(H,19,21)/t14-/m1/s1.